The van der Waals surface area contributed by atoms with Crippen LogP contribution in [0.2, 0.25) is 0 Å². The van der Waals surface area contributed by atoms with Crippen LogP contribution in [0.15, 0.2) is 72.8 Å². The summed E-state index contributed by atoms with van der Waals surface area (Å²) in [6.07, 6.45) is 0. The maximum absolute atomic E-state index is 14.5. The molecule has 0 saturated carbocycles. The first kappa shape index (κ1) is 28.9. The molecular formula is C37H40GeO4. The average molecular weight is 621 g/mol. The number of esters is 1. The Kier molecular flexibility index (Phi) is 7.03. The van der Waals surface area contributed by atoms with E-state index in [0.29, 0.717) is 6.61 Å². The van der Waals surface area contributed by atoms with Crippen LogP contribution >= 0.6 is 0 Å². The summed E-state index contributed by atoms with van der Waals surface area (Å²) in [5.41, 5.74) is 11.7. The first-order valence-corrected chi connectivity index (χ1v) is 19.0. The fraction of sp³-hybridized carbons (Fsp3) is 0.324. The number of benzene rings is 4. The zero-order valence-corrected chi connectivity index (χ0v) is 28.1. The quantitative estimate of drug-likeness (QED) is 0.184. The van der Waals surface area contributed by atoms with E-state index >= 15 is 0 Å². The van der Waals surface area contributed by atoms with Gasteiger partial charge in [-0.25, -0.2) is 0 Å². The molecule has 42 heavy (non-hydrogen) atoms. The van der Waals surface area contributed by atoms with Crippen LogP contribution in [0.1, 0.15) is 58.4 Å². The summed E-state index contributed by atoms with van der Waals surface area (Å²) in [5, 5.41) is 0. The number of fused-ring (bicyclic) bond motifs is 5. The number of ether oxygens (including phenoxy) is 2. The molecule has 1 saturated heterocycles. The predicted octanol–water partition coefficient (Wildman–Crippen LogP) is 6.43. The predicted molar refractivity (Wildman–Crippen MR) is 171 cm³/mol. The number of hydrogen-bond donors (Lipinski definition) is 0. The zero-order valence-electron chi connectivity index (χ0n) is 26.0. The van der Waals surface area contributed by atoms with Crippen molar-refractivity contribution >= 4 is 28.4 Å². The minimum absolute atomic E-state index is 0.238. The molecule has 1 atom stereocenters. The molecule has 0 bridgehead atoms. The van der Waals surface area contributed by atoms with E-state index in [1.54, 1.807) is 0 Å². The van der Waals surface area contributed by atoms with E-state index in [0.717, 1.165) is 22.3 Å². The van der Waals surface area contributed by atoms with Crippen molar-refractivity contribution in [2.45, 2.75) is 65.4 Å². The molecule has 216 valence electrons. The summed E-state index contributed by atoms with van der Waals surface area (Å²) in [5.74, 6) is -2.09. The van der Waals surface area contributed by atoms with Gasteiger partial charge in [0.1, 0.15) is 0 Å². The second-order valence-corrected chi connectivity index (χ2v) is 18.9. The Balaban J connectivity index is 1.90. The normalized spacial score (nSPS) is 19.2. The number of hydrogen-bond acceptors (Lipinski definition) is 4. The van der Waals surface area contributed by atoms with Gasteiger partial charge in [0, 0.05) is 0 Å². The third-order valence-corrected chi connectivity index (χ3v) is 20.8. The van der Waals surface area contributed by atoms with Gasteiger partial charge in [-0.1, -0.05) is 0 Å². The molecule has 1 heterocycles. The molecule has 0 radical (unpaired) electrons. The number of aryl methyl sites for hydroxylation is 6. The molecule has 4 aromatic rings. The van der Waals surface area contributed by atoms with Gasteiger partial charge in [-0.2, -0.15) is 0 Å². The Labute approximate surface area is 252 Å². The van der Waals surface area contributed by atoms with Gasteiger partial charge < -0.3 is 0 Å². The molecule has 1 spiro atoms. The standard InChI is InChI=1S/C37H40GeO4/c1-9-40-35(39)37(41-10-2)36(31-17-13-11-15-29(31)30-16-12-14-18-32(30)36)38(42-37,33-25(5)19-23(3)20-26(33)6)34-27(7)21-24(4)22-28(34)8/h11-22H,9-10H2,1-8H3. The van der Waals surface area contributed by atoms with Gasteiger partial charge in [0.2, 0.25) is 0 Å². The van der Waals surface area contributed by atoms with E-state index in [2.05, 4.69) is 114 Å². The maximum atomic E-state index is 14.5. The van der Waals surface area contributed by atoms with Gasteiger partial charge in [-0.3, -0.25) is 0 Å². The van der Waals surface area contributed by atoms with Crippen LogP contribution in [0.5, 0.6) is 0 Å². The Morgan fingerprint density at radius 3 is 1.52 bits per heavy atom. The van der Waals surface area contributed by atoms with Crippen molar-refractivity contribution in [2.24, 2.45) is 0 Å². The molecule has 6 rings (SSSR count). The summed E-state index contributed by atoms with van der Waals surface area (Å²) >= 11 is -4.25. The molecule has 0 N–H and O–H groups in total. The molecular weight excluding hydrogens is 581 g/mol. The first-order valence-electron chi connectivity index (χ1n) is 15.0. The summed E-state index contributed by atoms with van der Waals surface area (Å²) in [4.78, 5) is 14.5. The van der Waals surface area contributed by atoms with E-state index in [9.17, 15) is 4.79 Å². The third kappa shape index (κ3) is 3.52. The topological polar surface area (TPSA) is 44.8 Å². The van der Waals surface area contributed by atoms with E-state index in [1.807, 2.05) is 13.8 Å². The van der Waals surface area contributed by atoms with Gasteiger partial charge in [-0.15, -0.1) is 0 Å². The zero-order chi connectivity index (χ0) is 30.0. The molecule has 0 aromatic heterocycles. The van der Waals surface area contributed by atoms with Crippen LogP contribution in [-0.4, -0.2) is 38.6 Å². The van der Waals surface area contributed by atoms with Gasteiger partial charge in [0.15, 0.2) is 0 Å². The van der Waals surface area contributed by atoms with E-state index in [-0.39, 0.29) is 6.61 Å². The Morgan fingerprint density at radius 2 is 1.12 bits per heavy atom. The van der Waals surface area contributed by atoms with E-state index in [4.69, 9.17) is 13.2 Å². The fourth-order valence-electron chi connectivity index (χ4n) is 8.42. The van der Waals surface area contributed by atoms with Gasteiger partial charge >= 0.3 is 253 Å². The van der Waals surface area contributed by atoms with Crippen molar-refractivity contribution in [1.82, 2.24) is 0 Å². The average Bonchev–Trinajstić information content (AvgIpc) is 3.25. The summed E-state index contributed by atoms with van der Waals surface area (Å²) < 4.78 is 21.8. The summed E-state index contributed by atoms with van der Waals surface area (Å²) in [6.45, 7) is 17.4. The number of carbonyl (C=O) groups excluding carboxylic acids is 1. The molecule has 2 aliphatic rings. The van der Waals surface area contributed by atoms with E-state index in [1.165, 1.54) is 42.2 Å². The van der Waals surface area contributed by atoms with Crippen LogP contribution in [0.3, 0.4) is 0 Å². The second-order valence-electron chi connectivity index (χ2n) is 11.9. The van der Waals surface area contributed by atoms with Crippen molar-refractivity contribution in [2.75, 3.05) is 13.2 Å². The van der Waals surface area contributed by atoms with Crippen LogP contribution in [0.25, 0.3) is 11.1 Å². The Hall–Kier alpha value is -3.19. The van der Waals surface area contributed by atoms with Crippen molar-refractivity contribution in [3.8, 4) is 11.1 Å². The summed E-state index contributed by atoms with van der Waals surface area (Å²) in [7, 11) is 0. The van der Waals surface area contributed by atoms with Crippen LogP contribution in [0, 0.1) is 41.5 Å². The molecule has 1 aliphatic carbocycles. The minimum atomic E-state index is -4.25. The molecule has 0 amide bonds. The molecule has 1 aliphatic heterocycles. The van der Waals surface area contributed by atoms with Gasteiger partial charge in [0.05, 0.1) is 0 Å². The summed E-state index contributed by atoms with van der Waals surface area (Å²) in [6, 6.07) is 26.2. The Bertz CT molecular complexity index is 1590. The Morgan fingerprint density at radius 1 is 0.690 bits per heavy atom. The van der Waals surface area contributed by atoms with Crippen molar-refractivity contribution in [3.05, 3.63) is 117 Å². The van der Waals surface area contributed by atoms with Crippen molar-refractivity contribution in [3.63, 3.8) is 0 Å². The monoisotopic (exact) mass is 622 g/mol. The number of carbonyl (C=O) groups is 1. The van der Waals surface area contributed by atoms with Crippen molar-refractivity contribution < 1.29 is 18.0 Å². The van der Waals surface area contributed by atoms with Crippen LogP contribution < -0.4 is 8.79 Å². The van der Waals surface area contributed by atoms with Crippen LogP contribution in [-0.2, 0) is 22.3 Å². The fourth-order valence-corrected chi connectivity index (χ4v) is 21.7. The third-order valence-electron chi connectivity index (χ3n) is 9.22. The molecule has 5 heteroatoms. The van der Waals surface area contributed by atoms with Crippen LogP contribution in [0.4, 0.5) is 0 Å². The first-order chi connectivity index (χ1) is 20.1. The molecule has 4 nitrogen and oxygen atoms in total. The van der Waals surface area contributed by atoms with Gasteiger partial charge in [0.25, 0.3) is 0 Å². The SMILES string of the molecule is CCOC(=O)C1(OCC)[O][Ge]([c]2c(C)cc(C)cc2C)([c]2c(C)cc(C)cc2C)[C]12c1ccccc1-c1ccccc12. The number of rotatable bonds is 6. The molecule has 4 aromatic carbocycles. The second kappa shape index (κ2) is 10.2. The molecule has 1 unspecified atom stereocenters. The van der Waals surface area contributed by atoms with E-state index < -0.39 is 29.6 Å². The molecule has 1 fully saturated rings. The van der Waals surface area contributed by atoms with Crippen molar-refractivity contribution in [1.29, 1.82) is 0 Å². The van der Waals surface area contributed by atoms with Gasteiger partial charge in [-0.05, 0) is 0 Å².